The predicted molar refractivity (Wildman–Crippen MR) is 67.6 cm³/mol. The predicted octanol–water partition coefficient (Wildman–Crippen LogP) is 2.62. The number of aryl methyl sites for hydroxylation is 1. The van der Waals surface area contributed by atoms with Crippen molar-refractivity contribution >= 4 is 33.3 Å². The van der Waals surface area contributed by atoms with E-state index in [0.29, 0.717) is 4.47 Å². The van der Waals surface area contributed by atoms with Gasteiger partial charge in [0, 0.05) is 17.7 Å². The Morgan fingerprint density at radius 3 is 2.82 bits per heavy atom. The molecule has 1 aromatic carbocycles. The van der Waals surface area contributed by atoms with Crippen molar-refractivity contribution in [3.63, 3.8) is 0 Å². The number of anilines is 2. The molecule has 0 atom stereocenters. The fourth-order valence-corrected chi connectivity index (χ4v) is 1.87. The number of hydrogen-bond donors (Lipinski definition) is 2. The molecule has 0 aliphatic rings. The SMILES string of the molecule is Cn1cc(Nc2ccc(C(=O)O)cc2Br)cn1. The first-order chi connectivity index (χ1) is 8.06. The molecule has 0 spiro atoms. The quantitative estimate of drug-likeness (QED) is 0.913. The van der Waals surface area contributed by atoms with Gasteiger partial charge in [-0.05, 0) is 34.1 Å². The average molecular weight is 296 g/mol. The highest BCUT2D eigenvalue weighted by molar-refractivity contribution is 9.10. The molecule has 17 heavy (non-hydrogen) atoms. The summed E-state index contributed by atoms with van der Waals surface area (Å²) in [7, 11) is 1.83. The van der Waals surface area contributed by atoms with E-state index in [-0.39, 0.29) is 5.56 Å². The van der Waals surface area contributed by atoms with E-state index in [0.717, 1.165) is 11.4 Å². The second-order valence-corrected chi connectivity index (χ2v) is 4.38. The van der Waals surface area contributed by atoms with Crippen molar-refractivity contribution in [2.75, 3.05) is 5.32 Å². The summed E-state index contributed by atoms with van der Waals surface area (Å²) in [5.74, 6) is -0.946. The molecule has 2 aromatic rings. The van der Waals surface area contributed by atoms with Crippen LogP contribution in [0.1, 0.15) is 10.4 Å². The van der Waals surface area contributed by atoms with Gasteiger partial charge in [0.05, 0.1) is 23.1 Å². The van der Waals surface area contributed by atoms with Gasteiger partial charge in [-0.15, -0.1) is 0 Å². The lowest BCUT2D eigenvalue weighted by atomic mass is 10.2. The molecule has 0 amide bonds. The zero-order chi connectivity index (χ0) is 12.4. The van der Waals surface area contributed by atoms with Gasteiger partial charge < -0.3 is 10.4 Å². The molecule has 88 valence electrons. The summed E-state index contributed by atoms with van der Waals surface area (Å²) in [6.07, 6.45) is 3.52. The Labute approximate surface area is 106 Å². The maximum Gasteiger partial charge on any atom is 0.335 e. The third kappa shape index (κ3) is 2.65. The minimum absolute atomic E-state index is 0.244. The van der Waals surface area contributed by atoms with E-state index in [4.69, 9.17) is 5.11 Å². The van der Waals surface area contributed by atoms with Gasteiger partial charge in [-0.2, -0.15) is 5.10 Å². The van der Waals surface area contributed by atoms with Crippen molar-refractivity contribution in [1.29, 1.82) is 0 Å². The molecule has 2 N–H and O–H groups in total. The van der Waals surface area contributed by atoms with E-state index < -0.39 is 5.97 Å². The molecular weight excluding hydrogens is 286 g/mol. The number of aromatic nitrogens is 2. The Bertz CT molecular complexity index is 566. The van der Waals surface area contributed by atoms with E-state index in [1.54, 1.807) is 29.1 Å². The Morgan fingerprint density at radius 1 is 1.53 bits per heavy atom. The van der Waals surface area contributed by atoms with Gasteiger partial charge in [-0.25, -0.2) is 4.79 Å². The third-order valence-electron chi connectivity index (χ3n) is 2.20. The molecule has 0 fully saturated rings. The van der Waals surface area contributed by atoms with E-state index >= 15 is 0 Å². The third-order valence-corrected chi connectivity index (χ3v) is 2.86. The maximum absolute atomic E-state index is 10.8. The number of carboxylic acid groups (broad SMARTS) is 1. The molecule has 0 radical (unpaired) electrons. The summed E-state index contributed by atoms with van der Waals surface area (Å²) < 4.78 is 2.38. The van der Waals surface area contributed by atoms with Gasteiger partial charge in [0.25, 0.3) is 0 Å². The summed E-state index contributed by atoms with van der Waals surface area (Å²) in [6, 6.07) is 4.81. The number of nitrogens with zero attached hydrogens (tertiary/aromatic N) is 2. The van der Waals surface area contributed by atoms with Crippen molar-refractivity contribution in [2.45, 2.75) is 0 Å². The number of nitrogens with one attached hydrogen (secondary N) is 1. The lowest BCUT2D eigenvalue weighted by Gasteiger charge is -2.06. The molecule has 5 nitrogen and oxygen atoms in total. The first-order valence-corrected chi connectivity index (χ1v) is 5.64. The van der Waals surface area contributed by atoms with Crippen LogP contribution in [0.3, 0.4) is 0 Å². The summed E-state index contributed by atoms with van der Waals surface area (Å²) in [5, 5.41) is 16.0. The number of aromatic carboxylic acids is 1. The van der Waals surface area contributed by atoms with Gasteiger partial charge in [-0.3, -0.25) is 4.68 Å². The highest BCUT2D eigenvalue weighted by atomic mass is 79.9. The van der Waals surface area contributed by atoms with Crippen molar-refractivity contribution in [3.8, 4) is 0 Å². The van der Waals surface area contributed by atoms with Crippen LogP contribution >= 0.6 is 15.9 Å². The van der Waals surface area contributed by atoms with Crippen LogP contribution in [0, 0.1) is 0 Å². The Balaban J connectivity index is 2.25. The van der Waals surface area contributed by atoms with E-state index in [1.807, 2.05) is 13.2 Å². The van der Waals surface area contributed by atoms with E-state index in [2.05, 4.69) is 26.3 Å². The first kappa shape index (κ1) is 11.7. The van der Waals surface area contributed by atoms with E-state index in [1.165, 1.54) is 0 Å². The van der Waals surface area contributed by atoms with Crippen LogP contribution in [-0.4, -0.2) is 20.9 Å². The zero-order valence-electron chi connectivity index (χ0n) is 9.01. The molecule has 2 rings (SSSR count). The number of benzene rings is 1. The molecule has 1 aromatic heterocycles. The van der Waals surface area contributed by atoms with Crippen LogP contribution in [0.5, 0.6) is 0 Å². The van der Waals surface area contributed by atoms with Gasteiger partial charge in [0.2, 0.25) is 0 Å². The normalized spacial score (nSPS) is 10.2. The van der Waals surface area contributed by atoms with Gasteiger partial charge in [0.1, 0.15) is 0 Å². The lowest BCUT2D eigenvalue weighted by molar-refractivity contribution is 0.0697. The minimum atomic E-state index is -0.946. The fourth-order valence-electron chi connectivity index (χ4n) is 1.39. The van der Waals surface area contributed by atoms with Crippen LogP contribution in [0.2, 0.25) is 0 Å². The summed E-state index contributed by atoms with van der Waals surface area (Å²) in [4.78, 5) is 10.8. The molecule has 0 saturated heterocycles. The Kier molecular flexibility index (Phi) is 3.14. The van der Waals surface area contributed by atoms with Crippen LogP contribution < -0.4 is 5.32 Å². The highest BCUT2D eigenvalue weighted by Gasteiger charge is 2.07. The molecular formula is C11H10BrN3O2. The Hall–Kier alpha value is -1.82. The first-order valence-electron chi connectivity index (χ1n) is 4.85. The fraction of sp³-hybridized carbons (Fsp3) is 0.0909. The van der Waals surface area contributed by atoms with Gasteiger partial charge in [0.15, 0.2) is 0 Å². The molecule has 0 unspecified atom stereocenters. The molecule has 1 heterocycles. The van der Waals surface area contributed by atoms with Crippen molar-refractivity contribution in [2.24, 2.45) is 7.05 Å². The number of carboxylic acids is 1. The van der Waals surface area contributed by atoms with E-state index in [9.17, 15) is 4.79 Å². The van der Waals surface area contributed by atoms with Crippen LogP contribution in [0.4, 0.5) is 11.4 Å². The molecule has 0 aliphatic carbocycles. The van der Waals surface area contributed by atoms with Crippen LogP contribution in [-0.2, 0) is 7.05 Å². The topological polar surface area (TPSA) is 67.2 Å². The smallest absolute Gasteiger partial charge is 0.335 e. The average Bonchev–Trinajstić information content (AvgIpc) is 2.67. The molecule has 6 heteroatoms. The second kappa shape index (κ2) is 4.58. The number of halogens is 1. The Morgan fingerprint density at radius 2 is 2.29 bits per heavy atom. The number of hydrogen-bond acceptors (Lipinski definition) is 3. The maximum atomic E-state index is 10.8. The van der Waals surface area contributed by atoms with Gasteiger partial charge >= 0.3 is 5.97 Å². The molecule has 0 aliphatic heterocycles. The molecule has 0 saturated carbocycles. The van der Waals surface area contributed by atoms with Crippen LogP contribution in [0.25, 0.3) is 0 Å². The summed E-state index contributed by atoms with van der Waals surface area (Å²) in [6.45, 7) is 0. The highest BCUT2D eigenvalue weighted by Crippen LogP contribution is 2.26. The standard InChI is InChI=1S/C11H10BrN3O2/c1-15-6-8(5-13-15)14-10-3-2-7(11(16)17)4-9(10)12/h2-6,14H,1H3,(H,16,17). The number of rotatable bonds is 3. The van der Waals surface area contributed by atoms with Crippen LogP contribution in [0.15, 0.2) is 35.1 Å². The summed E-state index contributed by atoms with van der Waals surface area (Å²) >= 11 is 3.33. The summed E-state index contributed by atoms with van der Waals surface area (Å²) in [5.41, 5.74) is 1.88. The molecule has 0 bridgehead atoms. The van der Waals surface area contributed by atoms with Crippen molar-refractivity contribution < 1.29 is 9.90 Å². The largest absolute Gasteiger partial charge is 0.478 e. The zero-order valence-corrected chi connectivity index (χ0v) is 10.6. The second-order valence-electron chi connectivity index (χ2n) is 3.53. The number of carbonyl (C=O) groups is 1. The van der Waals surface area contributed by atoms with Gasteiger partial charge in [-0.1, -0.05) is 0 Å². The minimum Gasteiger partial charge on any atom is -0.478 e. The van der Waals surface area contributed by atoms with Crippen molar-refractivity contribution in [1.82, 2.24) is 9.78 Å². The lowest BCUT2D eigenvalue weighted by Crippen LogP contribution is -1.97. The monoisotopic (exact) mass is 295 g/mol. The van der Waals surface area contributed by atoms with Crippen molar-refractivity contribution in [3.05, 3.63) is 40.6 Å².